The van der Waals surface area contributed by atoms with E-state index in [4.69, 9.17) is 10.5 Å². The molecule has 0 saturated heterocycles. The molecule has 0 bridgehead atoms. The molecule has 1 rings (SSSR count). The van der Waals surface area contributed by atoms with Crippen molar-refractivity contribution in [3.8, 4) is 5.75 Å². The van der Waals surface area contributed by atoms with Crippen LogP contribution >= 0.6 is 0 Å². The van der Waals surface area contributed by atoms with Crippen LogP contribution in [0.5, 0.6) is 5.75 Å². The number of aryl methyl sites for hydroxylation is 1. The lowest BCUT2D eigenvalue weighted by molar-refractivity contribution is -0.130. The summed E-state index contributed by atoms with van der Waals surface area (Å²) in [5.74, 6) is 1.44. The summed E-state index contributed by atoms with van der Waals surface area (Å²) in [7, 11) is 1.81. The Labute approximate surface area is 128 Å². The smallest absolute Gasteiger partial charge is 0.225 e. The van der Waals surface area contributed by atoms with Crippen LogP contribution in [0.25, 0.3) is 0 Å². The van der Waals surface area contributed by atoms with Gasteiger partial charge in [-0.3, -0.25) is 4.79 Å². The van der Waals surface area contributed by atoms with E-state index in [0.29, 0.717) is 32.0 Å². The van der Waals surface area contributed by atoms with Crippen molar-refractivity contribution in [2.45, 2.75) is 39.5 Å². The van der Waals surface area contributed by atoms with Crippen molar-refractivity contribution in [1.82, 2.24) is 4.90 Å². The molecule has 1 amide bonds. The second-order valence-electron chi connectivity index (χ2n) is 5.73. The first-order valence-corrected chi connectivity index (χ1v) is 7.63. The average molecular weight is 292 g/mol. The van der Waals surface area contributed by atoms with E-state index in [2.05, 4.69) is 26.8 Å². The summed E-state index contributed by atoms with van der Waals surface area (Å²) >= 11 is 0. The van der Waals surface area contributed by atoms with Crippen LogP contribution in [0.3, 0.4) is 0 Å². The van der Waals surface area contributed by atoms with Gasteiger partial charge in [0.1, 0.15) is 5.75 Å². The zero-order valence-electron chi connectivity index (χ0n) is 13.7. The molecule has 0 fully saturated rings. The minimum Gasteiger partial charge on any atom is -0.493 e. The first kappa shape index (κ1) is 17.5. The lowest BCUT2D eigenvalue weighted by Gasteiger charge is -2.17. The molecule has 0 saturated carbocycles. The third-order valence-corrected chi connectivity index (χ3v) is 3.57. The van der Waals surface area contributed by atoms with Gasteiger partial charge < -0.3 is 15.4 Å². The molecule has 0 radical (unpaired) electrons. The SMILES string of the molecule is Cc1cc(OCCC(=O)N(C)CCCN)ccc1C(C)C. The highest BCUT2D eigenvalue weighted by molar-refractivity contribution is 5.75. The van der Waals surface area contributed by atoms with Crippen LogP contribution in [-0.2, 0) is 4.79 Å². The highest BCUT2D eigenvalue weighted by atomic mass is 16.5. The molecular formula is C17H28N2O2. The number of carbonyl (C=O) groups is 1. The predicted octanol–water partition coefficient (Wildman–Crippen LogP) is 2.69. The van der Waals surface area contributed by atoms with Crippen LogP contribution in [-0.4, -0.2) is 37.6 Å². The minimum absolute atomic E-state index is 0.0963. The number of amides is 1. The van der Waals surface area contributed by atoms with Gasteiger partial charge in [-0.1, -0.05) is 19.9 Å². The van der Waals surface area contributed by atoms with Crippen LogP contribution in [0.4, 0.5) is 0 Å². The van der Waals surface area contributed by atoms with E-state index in [1.165, 1.54) is 11.1 Å². The number of carbonyl (C=O) groups excluding carboxylic acids is 1. The Morgan fingerprint density at radius 1 is 1.38 bits per heavy atom. The van der Waals surface area contributed by atoms with Gasteiger partial charge in [-0.05, 0) is 49.1 Å². The van der Waals surface area contributed by atoms with Gasteiger partial charge >= 0.3 is 0 Å². The quantitative estimate of drug-likeness (QED) is 0.801. The Morgan fingerprint density at radius 3 is 2.67 bits per heavy atom. The normalized spacial score (nSPS) is 10.8. The summed E-state index contributed by atoms with van der Waals surface area (Å²) in [5, 5.41) is 0. The van der Waals surface area contributed by atoms with Gasteiger partial charge in [0, 0.05) is 13.6 Å². The van der Waals surface area contributed by atoms with Crippen molar-refractivity contribution in [2.24, 2.45) is 5.73 Å². The van der Waals surface area contributed by atoms with E-state index >= 15 is 0 Å². The molecule has 0 aliphatic heterocycles. The maximum Gasteiger partial charge on any atom is 0.225 e. The minimum atomic E-state index is 0.0963. The van der Waals surface area contributed by atoms with Crippen LogP contribution in [0.15, 0.2) is 18.2 Å². The van der Waals surface area contributed by atoms with E-state index in [0.717, 1.165) is 12.2 Å². The Bertz CT molecular complexity index is 458. The van der Waals surface area contributed by atoms with Crippen LogP contribution in [0, 0.1) is 6.92 Å². The number of rotatable bonds is 8. The summed E-state index contributed by atoms with van der Waals surface area (Å²) < 4.78 is 5.67. The highest BCUT2D eigenvalue weighted by Crippen LogP contribution is 2.23. The predicted molar refractivity (Wildman–Crippen MR) is 86.7 cm³/mol. The highest BCUT2D eigenvalue weighted by Gasteiger charge is 2.09. The molecule has 4 heteroatoms. The van der Waals surface area contributed by atoms with Gasteiger partial charge in [0.25, 0.3) is 0 Å². The fourth-order valence-corrected chi connectivity index (χ4v) is 2.29. The van der Waals surface area contributed by atoms with Gasteiger partial charge in [0.2, 0.25) is 5.91 Å². The van der Waals surface area contributed by atoms with Crippen molar-refractivity contribution in [3.63, 3.8) is 0 Å². The lowest BCUT2D eigenvalue weighted by atomic mass is 9.98. The zero-order chi connectivity index (χ0) is 15.8. The van der Waals surface area contributed by atoms with Crippen LogP contribution in [0.2, 0.25) is 0 Å². The molecule has 0 atom stereocenters. The first-order chi connectivity index (χ1) is 9.95. The Morgan fingerprint density at radius 2 is 2.10 bits per heavy atom. The topological polar surface area (TPSA) is 55.6 Å². The average Bonchev–Trinajstić information content (AvgIpc) is 2.44. The van der Waals surface area contributed by atoms with E-state index in [1.807, 2.05) is 12.1 Å². The molecule has 2 N–H and O–H groups in total. The van der Waals surface area contributed by atoms with Crippen LogP contribution < -0.4 is 10.5 Å². The summed E-state index contributed by atoms with van der Waals surface area (Å²) in [6.45, 7) is 8.17. The van der Waals surface area contributed by atoms with Gasteiger partial charge in [0.15, 0.2) is 0 Å². The summed E-state index contributed by atoms with van der Waals surface area (Å²) in [5.41, 5.74) is 8.00. The largest absolute Gasteiger partial charge is 0.493 e. The third kappa shape index (κ3) is 5.76. The maximum atomic E-state index is 11.9. The molecule has 1 aromatic carbocycles. The number of hydrogen-bond donors (Lipinski definition) is 1. The molecular weight excluding hydrogens is 264 g/mol. The second-order valence-corrected chi connectivity index (χ2v) is 5.73. The van der Waals surface area contributed by atoms with E-state index in [9.17, 15) is 4.79 Å². The molecule has 0 spiro atoms. The maximum absolute atomic E-state index is 11.9. The van der Waals surface area contributed by atoms with Gasteiger partial charge in [-0.2, -0.15) is 0 Å². The fourth-order valence-electron chi connectivity index (χ4n) is 2.29. The van der Waals surface area contributed by atoms with E-state index in [1.54, 1.807) is 11.9 Å². The molecule has 0 aliphatic carbocycles. The number of nitrogens with two attached hydrogens (primary N) is 1. The molecule has 1 aromatic rings. The summed E-state index contributed by atoms with van der Waals surface area (Å²) in [6, 6.07) is 6.12. The lowest BCUT2D eigenvalue weighted by Crippen LogP contribution is -2.30. The zero-order valence-corrected chi connectivity index (χ0v) is 13.7. The molecule has 4 nitrogen and oxygen atoms in total. The van der Waals surface area contributed by atoms with Crippen molar-refractivity contribution in [2.75, 3.05) is 26.7 Å². The molecule has 0 heterocycles. The van der Waals surface area contributed by atoms with Gasteiger partial charge in [-0.25, -0.2) is 0 Å². The first-order valence-electron chi connectivity index (χ1n) is 7.63. The molecule has 118 valence electrons. The van der Waals surface area contributed by atoms with Crippen molar-refractivity contribution >= 4 is 5.91 Å². The monoisotopic (exact) mass is 292 g/mol. The molecule has 21 heavy (non-hydrogen) atoms. The van der Waals surface area contributed by atoms with Crippen molar-refractivity contribution in [1.29, 1.82) is 0 Å². The van der Waals surface area contributed by atoms with Crippen molar-refractivity contribution < 1.29 is 9.53 Å². The summed E-state index contributed by atoms with van der Waals surface area (Å²) in [4.78, 5) is 13.6. The van der Waals surface area contributed by atoms with Gasteiger partial charge in [-0.15, -0.1) is 0 Å². The summed E-state index contributed by atoms with van der Waals surface area (Å²) in [6.07, 6.45) is 1.23. The number of ether oxygens (including phenoxy) is 1. The van der Waals surface area contributed by atoms with Crippen molar-refractivity contribution in [3.05, 3.63) is 29.3 Å². The standard InChI is InChI=1S/C17H28N2O2/c1-13(2)16-7-6-15(12-14(16)3)21-11-8-17(20)19(4)10-5-9-18/h6-7,12-13H,5,8-11,18H2,1-4H3. The van der Waals surface area contributed by atoms with E-state index in [-0.39, 0.29) is 5.91 Å². The Kier molecular flexibility index (Phi) is 7.23. The number of nitrogens with zero attached hydrogens (tertiary/aromatic N) is 1. The molecule has 0 aliphatic rings. The van der Waals surface area contributed by atoms with Gasteiger partial charge in [0.05, 0.1) is 13.0 Å². The second kappa shape index (κ2) is 8.67. The number of benzene rings is 1. The Balaban J connectivity index is 2.42. The molecule has 0 aromatic heterocycles. The Hall–Kier alpha value is -1.55. The fraction of sp³-hybridized carbons (Fsp3) is 0.588. The number of hydrogen-bond acceptors (Lipinski definition) is 3. The van der Waals surface area contributed by atoms with E-state index < -0.39 is 0 Å². The molecule has 0 unspecified atom stereocenters. The van der Waals surface area contributed by atoms with Crippen LogP contribution in [0.1, 0.15) is 43.7 Å². The third-order valence-electron chi connectivity index (χ3n) is 3.57.